The summed E-state index contributed by atoms with van der Waals surface area (Å²) in [4.78, 5) is 23.1. The van der Waals surface area contributed by atoms with Gasteiger partial charge in [0, 0.05) is 24.5 Å². The average Bonchev–Trinajstić information content (AvgIpc) is 2.44. The van der Waals surface area contributed by atoms with Crippen molar-refractivity contribution in [3.05, 3.63) is 34.9 Å². The molecule has 2 N–H and O–H groups in total. The number of benzene rings is 1. The van der Waals surface area contributed by atoms with Crippen molar-refractivity contribution in [1.82, 2.24) is 10.6 Å². The van der Waals surface area contributed by atoms with Gasteiger partial charge in [0.2, 0.25) is 5.91 Å². The van der Waals surface area contributed by atoms with Gasteiger partial charge < -0.3 is 15.4 Å². The lowest BCUT2D eigenvalue weighted by atomic mass is 10.1. The van der Waals surface area contributed by atoms with E-state index in [1.165, 1.54) is 0 Å². The minimum absolute atomic E-state index is 0.00258. The van der Waals surface area contributed by atoms with Crippen molar-refractivity contribution in [2.24, 2.45) is 0 Å². The van der Waals surface area contributed by atoms with Crippen molar-refractivity contribution in [1.29, 1.82) is 0 Å². The number of amides is 2. The van der Waals surface area contributed by atoms with Crippen LogP contribution in [-0.2, 0) is 16.0 Å². The standard InChI is InChI=1S/C17H25ClN2O3/c1-17(2,3)23-16(22)20-12-4-11-19-15(21)10-7-13-5-8-14(18)9-6-13/h5-6,8-9H,4,7,10-12H2,1-3H3,(H,19,21)(H,20,22). The van der Waals surface area contributed by atoms with E-state index < -0.39 is 11.7 Å². The summed E-state index contributed by atoms with van der Waals surface area (Å²) in [7, 11) is 0. The van der Waals surface area contributed by atoms with Crippen molar-refractivity contribution in [3.8, 4) is 0 Å². The summed E-state index contributed by atoms with van der Waals surface area (Å²) in [5.41, 5.74) is 0.580. The van der Waals surface area contributed by atoms with E-state index in [0.29, 0.717) is 37.4 Å². The summed E-state index contributed by atoms with van der Waals surface area (Å²) in [5.74, 6) is -0.00258. The number of hydrogen-bond donors (Lipinski definition) is 2. The molecule has 1 rings (SSSR count). The van der Waals surface area contributed by atoms with Crippen LogP contribution in [0.1, 0.15) is 39.2 Å². The van der Waals surface area contributed by atoms with E-state index in [2.05, 4.69) is 10.6 Å². The number of hydrogen-bond acceptors (Lipinski definition) is 3. The SMILES string of the molecule is CC(C)(C)OC(=O)NCCCNC(=O)CCc1ccc(Cl)cc1. The Morgan fingerprint density at radius 2 is 1.70 bits per heavy atom. The van der Waals surface area contributed by atoms with Crippen LogP contribution in [0.4, 0.5) is 4.79 Å². The first-order valence-corrected chi connectivity index (χ1v) is 8.12. The smallest absolute Gasteiger partial charge is 0.407 e. The minimum atomic E-state index is -0.500. The summed E-state index contributed by atoms with van der Waals surface area (Å²) in [5, 5.41) is 6.17. The van der Waals surface area contributed by atoms with E-state index in [1.54, 1.807) is 0 Å². The van der Waals surface area contributed by atoms with Gasteiger partial charge in [0.1, 0.15) is 5.60 Å². The zero-order valence-electron chi connectivity index (χ0n) is 13.9. The molecule has 1 aromatic rings. The number of nitrogens with one attached hydrogen (secondary N) is 2. The van der Waals surface area contributed by atoms with Gasteiger partial charge in [0.25, 0.3) is 0 Å². The molecule has 2 amide bonds. The first-order chi connectivity index (χ1) is 10.8. The molecule has 0 bridgehead atoms. The highest BCUT2D eigenvalue weighted by molar-refractivity contribution is 6.30. The van der Waals surface area contributed by atoms with Gasteiger partial charge >= 0.3 is 6.09 Å². The number of aryl methyl sites for hydroxylation is 1. The molecule has 0 radical (unpaired) electrons. The first-order valence-electron chi connectivity index (χ1n) is 7.74. The maximum atomic E-state index is 11.7. The molecule has 5 nitrogen and oxygen atoms in total. The summed E-state index contributed by atoms with van der Waals surface area (Å²) in [6.07, 6.45) is 1.33. The van der Waals surface area contributed by atoms with Crippen LogP contribution < -0.4 is 10.6 Å². The Morgan fingerprint density at radius 3 is 2.30 bits per heavy atom. The summed E-state index contributed by atoms with van der Waals surface area (Å²) >= 11 is 5.81. The van der Waals surface area contributed by atoms with E-state index in [4.69, 9.17) is 16.3 Å². The quantitative estimate of drug-likeness (QED) is 0.748. The predicted octanol–water partition coefficient (Wildman–Crippen LogP) is 3.30. The highest BCUT2D eigenvalue weighted by Crippen LogP contribution is 2.10. The topological polar surface area (TPSA) is 67.4 Å². The first kappa shape index (κ1) is 19.3. The van der Waals surface area contributed by atoms with Crippen LogP contribution in [-0.4, -0.2) is 30.7 Å². The second kappa shape index (κ2) is 9.40. The van der Waals surface area contributed by atoms with E-state index in [9.17, 15) is 9.59 Å². The third-order valence-corrected chi connectivity index (χ3v) is 3.15. The second-order valence-electron chi connectivity index (χ2n) is 6.26. The molecule has 0 heterocycles. The van der Waals surface area contributed by atoms with Gasteiger partial charge in [-0.2, -0.15) is 0 Å². The molecule has 6 heteroatoms. The van der Waals surface area contributed by atoms with Gasteiger partial charge in [-0.1, -0.05) is 23.7 Å². The van der Waals surface area contributed by atoms with E-state index >= 15 is 0 Å². The van der Waals surface area contributed by atoms with Crippen molar-refractivity contribution < 1.29 is 14.3 Å². The van der Waals surface area contributed by atoms with Gasteiger partial charge in [0.05, 0.1) is 0 Å². The highest BCUT2D eigenvalue weighted by Gasteiger charge is 2.15. The van der Waals surface area contributed by atoms with Gasteiger partial charge in [-0.25, -0.2) is 4.79 Å². The maximum absolute atomic E-state index is 11.7. The van der Waals surface area contributed by atoms with Crippen LogP contribution in [0.3, 0.4) is 0 Å². The van der Waals surface area contributed by atoms with Crippen LogP contribution in [0.5, 0.6) is 0 Å². The number of ether oxygens (including phenoxy) is 1. The predicted molar refractivity (Wildman–Crippen MR) is 91.6 cm³/mol. The molecule has 0 aliphatic carbocycles. The van der Waals surface area contributed by atoms with Crippen molar-refractivity contribution in [3.63, 3.8) is 0 Å². The lowest BCUT2D eigenvalue weighted by Crippen LogP contribution is -2.34. The Labute approximate surface area is 142 Å². The molecular weight excluding hydrogens is 316 g/mol. The van der Waals surface area contributed by atoms with Crippen molar-refractivity contribution in [2.75, 3.05) is 13.1 Å². The molecule has 0 aliphatic rings. The second-order valence-corrected chi connectivity index (χ2v) is 6.70. The molecule has 0 fully saturated rings. The highest BCUT2D eigenvalue weighted by atomic mass is 35.5. The lowest BCUT2D eigenvalue weighted by Gasteiger charge is -2.19. The fourth-order valence-corrected chi connectivity index (χ4v) is 1.94. The molecule has 0 atom stereocenters. The van der Waals surface area contributed by atoms with Crippen LogP contribution in [0.2, 0.25) is 5.02 Å². The fourth-order valence-electron chi connectivity index (χ4n) is 1.82. The molecule has 128 valence electrons. The molecule has 0 aromatic heterocycles. The fraction of sp³-hybridized carbons (Fsp3) is 0.529. The minimum Gasteiger partial charge on any atom is -0.444 e. The normalized spacial score (nSPS) is 11.0. The van der Waals surface area contributed by atoms with E-state index in [1.807, 2.05) is 45.0 Å². The molecule has 1 aromatic carbocycles. The zero-order chi connectivity index (χ0) is 17.3. The van der Waals surface area contributed by atoms with Gasteiger partial charge in [0.15, 0.2) is 0 Å². The molecule has 23 heavy (non-hydrogen) atoms. The summed E-state index contributed by atoms with van der Waals surface area (Å²) in [6.45, 7) is 6.43. The van der Waals surface area contributed by atoms with Crippen LogP contribution in [0.15, 0.2) is 24.3 Å². The molecular formula is C17H25ClN2O3. The molecule has 0 unspecified atom stereocenters. The van der Waals surface area contributed by atoms with Crippen LogP contribution >= 0.6 is 11.6 Å². The number of carbonyl (C=O) groups is 2. The van der Waals surface area contributed by atoms with Crippen molar-refractivity contribution >= 4 is 23.6 Å². The number of alkyl carbamates (subject to hydrolysis) is 1. The van der Waals surface area contributed by atoms with Gasteiger partial charge in [-0.3, -0.25) is 4.79 Å². The van der Waals surface area contributed by atoms with E-state index in [-0.39, 0.29) is 5.91 Å². The van der Waals surface area contributed by atoms with Crippen LogP contribution in [0.25, 0.3) is 0 Å². The number of halogens is 1. The lowest BCUT2D eigenvalue weighted by molar-refractivity contribution is -0.121. The average molecular weight is 341 g/mol. The largest absolute Gasteiger partial charge is 0.444 e. The summed E-state index contributed by atoms with van der Waals surface area (Å²) in [6, 6.07) is 7.47. The third kappa shape index (κ3) is 9.79. The Hall–Kier alpha value is -1.75. The summed E-state index contributed by atoms with van der Waals surface area (Å²) < 4.78 is 5.11. The molecule has 0 spiro atoms. The zero-order valence-corrected chi connectivity index (χ0v) is 14.7. The monoisotopic (exact) mass is 340 g/mol. The van der Waals surface area contributed by atoms with E-state index in [0.717, 1.165) is 5.56 Å². The van der Waals surface area contributed by atoms with Crippen molar-refractivity contribution in [2.45, 2.75) is 45.6 Å². The van der Waals surface area contributed by atoms with Gasteiger partial charge in [-0.05, 0) is 51.3 Å². The van der Waals surface area contributed by atoms with Crippen LogP contribution in [0, 0.1) is 0 Å². The number of carbonyl (C=O) groups excluding carboxylic acids is 2. The Morgan fingerprint density at radius 1 is 1.09 bits per heavy atom. The van der Waals surface area contributed by atoms with Gasteiger partial charge in [-0.15, -0.1) is 0 Å². The Kier molecular flexibility index (Phi) is 7.89. The molecule has 0 saturated carbocycles. The third-order valence-electron chi connectivity index (χ3n) is 2.90. The molecule has 0 aliphatic heterocycles. The Bertz CT molecular complexity index is 510. The maximum Gasteiger partial charge on any atom is 0.407 e. The Balaban J connectivity index is 2.08. The molecule has 0 saturated heterocycles. The number of rotatable bonds is 7.